The first kappa shape index (κ1) is 14.7. The lowest BCUT2D eigenvalue weighted by Gasteiger charge is -2.10. The number of hydrogen-bond donors (Lipinski definition) is 2. The summed E-state index contributed by atoms with van der Waals surface area (Å²) in [5, 5.41) is 3.85. The van der Waals surface area contributed by atoms with Crippen molar-refractivity contribution in [3.63, 3.8) is 0 Å². The van der Waals surface area contributed by atoms with E-state index >= 15 is 0 Å². The maximum Gasteiger partial charge on any atom is 0.324 e. The molecule has 1 aromatic heterocycles. The van der Waals surface area contributed by atoms with Gasteiger partial charge in [0.1, 0.15) is 18.4 Å². The number of aromatic nitrogens is 1. The van der Waals surface area contributed by atoms with Crippen LogP contribution in [0.2, 0.25) is 0 Å². The Bertz CT molecular complexity index is 634. The average Bonchev–Trinajstić information content (AvgIpc) is 3.14. The Hall–Kier alpha value is -2.18. The van der Waals surface area contributed by atoms with Crippen LogP contribution in [0.15, 0.2) is 34.9 Å². The van der Waals surface area contributed by atoms with Crippen molar-refractivity contribution in [1.82, 2.24) is 16.0 Å². The van der Waals surface area contributed by atoms with Crippen LogP contribution in [0.5, 0.6) is 0 Å². The molecular formula is C16H19N3O3. The largest absolute Gasteiger partial charge is 0.459 e. The SMILES string of the molecule is Cc1noc(C)c1COC(=O)C1CC(c2ccccc2)NN1. The molecule has 1 saturated heterocycles. The summed E-state index contributed by atoms with van der Waals surface area (Å²) >= 11 is 0. The second kappa shape index (κ2) is 6.29. The fraction of sp³-hybridized carbons (Fsp3) is 0.375. The van der Waals surface area contributed by atoms with Crippen LogP contribution in [0, 0.1) is 13.8 Å². The molecule has 2 N–H and O–H groups in total. The van der Waals surface area contributed by atoms with Gasteiger partial charge in [-0.2, -0.15) is 0 Å². The predicted molar refractivity (Wildman–Crippen MR) is 79.6 cm³/mol. The Morgan fingerprint density at radius 3 is 2.77 bits per heavy atom. The number of benzene rings is 1. The van der Waals surface area contributed by atoms with Crippen LogP contribution < -0.4 is 10.9 Å². The summed E-state index contributed by atoms with van der Waals surface area (Å²) in [6.07, 6.45) is 0.657. The molecule has 2 heterocycles. The van der Waals surface area contributed by atoms with E-state index in [1.54, 1.807) is 0 Å². The number of ether oxygens (including phenoxy) is 1. The summed E-state index contributed by atoms with van der Waals surface area (Å²) in [6, 6.07) is 9.78. The van der Waals surface area contributed by atoms with Crippen molar-refractivity contribution >= 4 is 5.97 Å². The highest BCUT2D eigenvalue weighted by Gasteiger charge is 2.31. The third-order valence-electron chi connectivity index (χ3n) is 3.93. The molecule has 0 amide bonds. The van der Waals surface area contributed by atoms with Gasteiger partial charge in [-0.3, -0.25) is 4.79 Å². The number of aryl methyl sites for hydroxylation is 2. The van der Waals surface area contributed by atoms with E-state index in [0.29, 0.717) is 12.2 Å². The molecule has 2 unspecified atom stereocenters. The van der Waals surface area contributed by atoms with E-state index in [0.717, 1.165) is 16.8 Å². The van der Waals surface area contributed by atoms with Crippen molar-refractivity contribution in [2.75, 3.05) is 0 Å². The number of carbonyl (C=O) groups is 1. The van der Waals surface area contributed by atoms with E-state index in [9.17, 15) is 4.79 Å². The third-order valence-corrected chi connectivity index (χ3v) is 3.93. The number of carbonyl (C=O) groups excluding carboxylic acids is 1. The summed E-state index contributed by atoms with van der Waals surface area (Å²) in [4.78, 5) is 12.2. The number of nitrogens with zero attached hydrogens (tertiary/aromatic N) is 1. The summed E-state index contributed by atoms with van der Waals surface area (Å²) in [6.45, 7) is 3.83. The lowest BCUT2D eigenvalue weighted by atomic mass is 10.0. The number of esters is 1. The van der Waals surface area contributed by atoms with Crippen LogP contribution in [0.4, 0.5) is 0 Å². The van der Waals surface area contributed by atoms with Gasteiger partial charge in [0.2, 0.25) is 0 Å². The van der Waals surface area contributed by atoms with Gasteiger partial charge in [0.05, 0.1) is 11.3 Å². The van der Waals surface area contributed by atoms with Crippen molar-refractivity contribution in [1.29, 1.82) is 0 Å². The first-order valence-corrected chi connectivity index (χ1v) is 7.29. The second-order valence-corrected chi connectivity index (χ2v) is 5.45. The van der Waals surface area contributed by atoms with E-state index in [4.69, 9.17) is 9.26 Å². The first-order valence-electron chi connectivity index (χ1n) is 7.29. The van der Waals surface area contributed by atoms with Gasteiger partial charge < -0.3 is 9.26 Å². The van der Waals surface area contributed by atoms with Gasteiger partial charge in [-0.25, -0.2) is 10.9 Å². The molecule has 1 aliphatic heterocycles. The fourth-order valence-corrected chi connectivity index (χ4v) is 2.57. The Labute approximate surface area is 128 Å². The van der Waals surface area contributed by atoms with Crippen molar-refractivity contribution in [3.05, 3.63) is 52.9 Å². The smallest absolute Gasteiger partial charge is 0.324 e. The van der Waals surface area contributed by atoms with Crippen LogP contribution >= 0.6 is 0 Å². The Morgan fingerprint density at radius 2 is 2.09 bits per heavy atom. The van der Waals surface area contributed by atoms with E-state index in [1.165, 1.54) is 0 Å². The van der Waals surface area contributed by atoms with Crippen LogP contribution in [0.1, 0.15) is 35.0 Å². The van der Waals surface area contributed by atoms with Crippen LogP contribution in [0.3, 0.4) is 0 Å². The summed E-state index contributed by atoms with van der Waals surface area (Å²) in [7, 11) is 0. The molecule has 0 saturated carbocycles. The van der Waals surface area contributed by atoms with Crippen molar-refractivity contribution < 1.29 is 14.1 Å². The van der Waals surface area contributed by atoms with Crippen molar-refractivity contribution in [2.24, 2.45) is 0 Å². The van der Waals surface area contributed by atoms with E-state index in [-0.39, 0.29) is 24.7 Å². The molecule has 1 fully saturated rings. The molecule has 2 atom stereocenters. The molecule has 2 aromatic rings. The van der Waals surface area contributed by atoms with Gasteiger partial charge in [0.15, 0.2) is 0 Å². The topological polar surface area (TPSA) is 76.4 Å². The zero-order chi connectivity index (χ0) is 15.5. The lowest BCUT2D eigenvalue weighted by Crippen LogP contribution is -2.37. The zero-order valence-corrected chi connectivity index (χ0v) is 12.6. The van der Waals surface area contributed by atoms with Gasteiger partial charge in [0.25, 0.3) is 0 Å². The maximum absolute atomic E-state index is 12.2. The fourth-order valence-electron chi connectivity index (χ4n) is 2.57. The Morgan fingerprint density at radius 1 is 1.32 bits per heavy atom. The highest BCUT2D eigenvalue weighted by atomic mass is 16.5. The highest BCUT2D eigenvalue weighted by Crippen LogP contribution is 2.23. The first-order chi connectivity index (χ1) is 10.6. The van der Waals surface area contributed by atoms with Gasteiger partial charge in [-0.05, 0) is 25.8 Å². The summed E-state index contributed by atoms with van der Waals surface area (Å²) in [5.74, 6) is 0.413. The molecule has 6 heteroatoms. The lowest BCUT2D eigenvalue weighted by molar-refractivity contribution is -0.147. The molecule has 0 radical (unpaired) electrons. The summed E-state index contributed by atoms with van der Waals surface area (Å²) in [5.41, 5.74) is 8.87. The zero-order valence-electron chi connectivity index (χ0n) is 12.6. The van der Waals surface area contributed by atoms with E-state index in [1.807, 2.05) is 44.2 Å². The monoisotopic (exact) mass is 301 g/mol. The molecule has 0 bridgehead atoms. The minimum Gasteiger partial charge on any atom is -0.459 e. The molecule has 22 heavy (non-hydrogen) atoms. The molecule has 0 spiro atoms. The van der Waals surface area contributed by atoms with Crippen LogP contribution in [-0.2, 0) is 16.1 Å². The average molecular weight is 301 g/mol. The van der Waals surface area contributed by atoms with Gasteiger partial charge in [0, 0.05) is 6.04 Å². The Kier molecular flexibility index (Phi) is 4.22. The van der Waals surface area contributed by atoms with E-state index in [2.05, 4.69) is 16.0 Å². The van der Waals surface area contributed by atoms with E-state index < -0.39 is 0 Å². The highest BCUT2D eigenvalue weighted by molar-refractivity contribution is 5.76. The second-order valence-electron chi connectivity index (χ2n) is 5.45. The van der Waals surface area contributed by atoms with Gasteiger partial charge in [-0.1, -0.05) is 35.5 Å². The predicted octanol–water partition coefficient (Wildman–Crippen LogP) is 1.94. The molecule has 3 rings (SSSR count). The number of hydrogen-bond acceptors (Lipinski definition) is 6. The van der Waals surface area contributed by atoms with Crippen molar-refractivity contribution in [2.45, 2.75) is 39.0 Å². The molecular weight excluding hydrogens is 282 g/mol. The quantitative estimate of drug-likeness (QED) is 0.841. The normalized spacial score (nSPS) is 21.0. The molecule has 1 aliphatic rings. The van der Waals surface area contributed by atoms with Crippen LogP contribution in [0.25, 0.3) is 0 Å². The molecule has 116 valence electrons. The molecule has 6 nitrogen and oxygen atoms in total. The molecule has 0 aliphatic carbocycles. The number of nitrogens with one attached hydrogen (secondary N) is 2. The third kappa shape index (κ3) is 3.03. The van der Waals surface area contributed by atoms with Gasteiger partial charge in [-0.15, -0.1) is 0 Å². The maximum atomic E-state index is 12.2. The minimum atomic E-state index is -0.356. The standard InChI is InChI=1S/C16H19N3O3/c1-10-13(11(2)22-19-10)9-21-16(20)15-8-14(17-18-15)12-6-4-3-5-7-12/h3-7,14-15,17-18H,8-9H2,1-2H3. The number of rotatable bonds is 4. The molecule has 1 aromatic carbocycles. The minimum absolute atomic E-state index is 0.109. The van der Waals surface area contributed by atoms with Gasteiger partial charge >= 0.3 is 5.97 Å². The van der Waals surface area contributed by atoms with Crippen LogP contribution in [-0.4, -0.2) is 17.2 Å². The summed E-state index contributed by atoms with van der Waals surface area (Å²) < 4.78 is 10.4. The van der Waals surface area contributed by atoms with Crippen molar-refractivity contribution in [3.8, 4) is 0 Å². The number of hydrazine groups is 1. The Balaban J connectivity index is 1.56.